The summed E-state index contributed by atoms with van der Waals surface area (Å²) < 4.78 is 4.81. The number of pyridine rings is 1. The molecule has 1 fully saturated rings. The number of amides is 1. The van der Waals surface area contributed by atoms with E-state index in [1.807, 2.05) is 11.0 Å². The van der Waals surface area contributed by atoms with Gasteiger partial charge in [-0.2, -0.15) is 0 Å². The minimum Gasteiger partial charge on any atom is -0.465 e. The van der Waals surface area contributed by atoms with Gasteiger partial charge in [-0.25, -0.2) is 4.79 Å². The fourth-order valence-corrected chi connectivity index (χ4v) is 3.22. The highest BCUT2D eigenvalue weighted by Crippen LogP contribution is 2.23. The SMILES string of the molecule is COC(=O)c1ccccc1Nc1cncc(C(=O)N2CCCC(C)C2)c1. The van der Waals surface area contributed by atoms with Crippen molar-refractivity contribution in [3.63, 3.8) is 0 Å². The van der Waals surface area contributed by atoms with Gasteiger partial charge >= 0.3 is 5.97 Å². The van der Waals surface area contributed by atoms with Crippen molar-refractivity contribution in [1.82, 2.24) is 9.88 Å². The molecular formula is C20H23N3O3. The molecule has 1 atom stereocenters. The first-order chi connectivity index (χ1) is 12.6. The van der Waals surface area contributed by atoms with Crippen molar-refractivity contribution in [2.24, 2.45) is 5.92 Å². The lowest BCUT2D eigenvalue weighted by Crippen LogP contribution is -2.39. The van der Waals surface area contributed by atoms with Crippen LogP contribution in [-0.4, -0.2) is 42.0 Å². The summed E-state index contributed by atoms with van der Waals surface area (Å²) in [5.41, 5.74) is 2.23. The van der Waals surface area contributed by atoms with Crippen LogP contribution in [0.1, 0.15) is 40.5 Å². The molecule has 3 rings (SSSR count). The van der Waals surface area contributed by atoms with E-state index in [-0.39, 0.29) is 5.91 Å². The average molecular weight is 353 g/mol. The molecule has 1 saturated heterocycles. The van der Waals surface area contributed by atoms with Gasteiger partial charge in [0, 0.05) is 19.3 Å². The predicted molar refractivity (Wildman–Crippen MR) is 99.6 cm³/mol. The van der Waals surface area contributed by atoms with Gasteiger partial charge in [-0.1, -0.05) is 19.1 Å². The summed E-state index contributed by atoms with van der Waals surface area (Å²) >= 11 is 0. The molecular weight excluding hydrogens is 330 g/mol. The molecule has 1 unspecified atom stereocenters. The van der Waals surface area contributed by atoms with Crippen molar-refractivity contribution >= 4 is 23.3 Å². The Morgan fingerprint density at radius 3 is 2.85 bits per heavy atom. The standard InChI is InChI=1S/C20H23N3O3/c1-14-6-5-9-23(13-14)19(24)15-10-16(12-21-11-15)22-18-8-4-3-7-17(18)20(25)26-2/h3-4,7-8,10-12,14,22H,5-6,9,13H2,1-2H3. The van der Waals surface area contributed by atoms with E-state index in [4.69, 9.17) is 4.74 Å². The maximum absolute atomic E-state index is 12.8. The summed E-state index contributed by atoms with van der Waals surface area (Å²) in [7, 11) is 1.35. The van der Waals surface area contributed by atoms with Crippen LogP contribution >= 0.6 is 0 Å². The summed E-state index contributed by atoms with van der Waals surface area (Å²) in [6, 6.07) is 8.83. The minimum absolute atomic E-state index is 0.00560. The number of para-hydroxylation sites is 1. The Morgan fingerprint density at radius 1 is 1.27 bits per heavy atom. The molecule has 2 heterocycles. The molecule has 0 saturated carbocycles. The fourth-order valence-electron chi connectivity index (χ4n) is 3.22. The zero-order valence-electron chi connectivity index (χ0n) is 15.1. The van der Waals surface area contributed by atoms with Crippen LogP contribution in [-0.2, 0) is 4.74 Å². The van der Waals surface area contributed by atoms with Crippen molar-refractivity contribution in [3.05, 3.63) is 53.9 Å². The van der Waals surface area contributed by atoms with E-state index >= 15 is 0 Å². The van der Waals surface area contributed by atoms with Crippen molar-refractivity contribution in [1.29, 1.82) is 0 Å². The van der Waals surface area contributed by atoms with Crippen molar-refractivity contribution in [2.75, 3.05) is 25.5 Å². The quantitative estimate of drug-likeness (QED) is 0.852. The number of aromatic nitrogens is 1. The maximum atomic E-state index is 12.8. The summed E-state index contributed by atoms with van der Waals surface area (Å²) in [5, 5.41) is 3.16. The van der Waals surface area contributed by atoms with Crippen LogP contribution in [0.3, 0.4) is 0 Å². The number of nitrogens with one attached hydrogen (secondary N) is 1. The van der Waals surface area contributed by atoms with E-state index < -0.39 is 5.97 Å². The van der Waals surface area contributed by atoms with Gasteiger partial charge < -0.3 is 15.0 Å². The third kappa shape index (κ3) is 4.02. The second-order valence-electron chi connectivity index (χ2n) is 6.62. The molecule has 136 valence electrons. The number of ether oxygens (including phenoxy) is 1. The lowest BCUT2D eigenvalue weighted by molar-refractivity contribution is 0.0601. The van der Waals surface area contributed by atoms with Gasteiger partial charge in [-0.05, 0) is 37.0 Å². The molecule has 0 radical (unpaired) electrons. The maximum Gasteiger partial charge on any atom is 0.339 e. The normalized spacial score (nSPS) is 16.8. The number of benzene rings is 1. The number of esters is 1. The molecule has 1 aliphatic rings. The molecule has 1 aromatic carbocycles. The summed E-state index contributed by atoms with van der Waals surface area (Å²) in [6.45, 7) is 3.73. The number of methoxy groups -OCH3 is 1. The Bertz CT molecular complexity index is 806. The van der Waals surface area contributed by atoms with Gasteiger partial charge in [0.15, 0.2) is 0 Å². The molecule has 1 N–H and O–H groups in total. The van der Waals surface area contributed by atoms with Crippen LogP contribution in [0.2, 0.25) is 0 Å². The van der Waals surface area contributed by atoms with Gasteiger partial charge in [0.2, 0.25) is 0 Å². The van der Waals surface area contributed by atoms with Crippen molar-refractivity contribution < 1.29 is 14.3 Å². The lowest BCUT2D eigenvalue weighted by atomic mass is 10.00. The molecule has 1 amide bonds. The highest BCUT2D eigenvalue weighted by atomic mass is 16.5. The van der Waals surface area contributed by atoms with Crippen LogP contribution < -0.4 is 5.32 Å². The molecule has 6 heteroatoms. The molecule has 26 heavy (non-hydrogen) atoms. The van der Waals surface area contributed by atoms with Gasteiger partial charge in [0.1, 0.15) is 0 Å². The highest BCUT2D eigenvalue weighted by molar-refractivity contribution is 5.97. The van der Waals surface area contributed by atoms with E-state index in [0.717, 1.165) is 25.9 Å². The highest BCUT2D eigenvalue weighted by Gasteiger charge is 2.22. The zero-order valence-corrected chi connectivity index (χ0v) is 15.1. The van der Waals surface area contributed by atoms with E-state index in [1.54, 1.807) is 36.7 Å². The lowest BCUT2D eigenvalue weighted by Gasteiger charge is -2.31. The molecule has 0 aliphatic carbocycles. The summed E-state index contributed by atoms with van der Waals surface area (Å²) in [6.07, 6.45) is 5.40. The number of hydrogen-bond donors (Lipinski definition) is 1. The number of hydrogen-bond acceptors (Lipinski definition) is 5. The van der Waals surface area contributed by atoms with E-state index in [1.165, 1.54) is 7.11 Å². The third-order valence-corrected chi connectivity index (χ3v) is 4.54. The second-order valence-corrected chi connectivity index (χ2v) is 6.62. The average Bonchev–Trinajstić information content (AvgIpc) is 2.67. The van der Waals surface area contributed by atoms with Crippen molar-refractivity contribution in [3.8, 4) is 0 Å². The van der Waals surface area contributed by atoms with E-state index in [9.17, 15) is 9.59 Å². The van der Waals surface area contributed by atoms with E-state index in [2.05, 4.69) is 17.2 Å². The van der Waals surface area contributed by atoms with Crippen LogP contribution in [0.4, 0.5) is 11.4 Å². The van der Waals surface area contributed by atoms with Gasteiger partial charge in [0.25, 0.3) is 5.91 Å². The zero-order chi connectivity index (χ0) is 18.5. The van der Waals surface area contributed by atoms with Crippen molar-refractivity contribution in [2.45, 2.75) is 19.8 Å². The third-order valence-electron chi connectivity index (χ3n) is 4.54. The monoisotopic (exact) mass is 353 g/mol. The Kier molecular flexibility index (Phi) is 5.51. The predicted octanol–water partition coefficient (Wildman–Crippen LogP) is 3.48. The fraction of sp³-hybridized carbons (Fsp3) is 0.350. The first-order valence-corrected chi connectivity index (χ1v) is 8.77. The van der Waals surface area contributed by atoms with Crippen LogP contribution in [0.25, 0.3) is 0 Å². The Balaban J connectivity index is 1.80. The number of rotatable bonds is 4. The van der Waals surface area contributed by atoms with E-state index in [0.29, 0.717) is 28.4 Å². The molecule has 0 spiro atoms. The molecule has 2 aromatic rings. The molecule has 1 aliphatic heterocycles. The topological polar surface area (TPSA) is 71.5 Å². The first kappa shape index (κ1) is 17.9. The second kappa shape index (κ2) is 7.99. The molecule has 1 aromatic heterocycles. The number of likely N-dealkylation sites (tertiary alicyclic amines) is 1. The smallest absolute Gasteiger partial charge is 0.339 e. The number of piperidine rings is 1. The van der Waals surface area contributed by atoms with Crippen LogP contribution in [0.15, 0.2) is 42.7 Å². The molecule has 0 bridgehead atoms. The Labute approximate surface area is 153 Å². The van der Waals surface area contributed by atoms with Gasteiger partial charge in [-0.15, -0.1) is 0 Å². The van der Waals surface area contributed by atoms with Gasteiger partial charge in [-0.3, -0.25) is 9.78 Å². The number of nitrogens with zero attached hydrogens (tertiary/aromatic N) is 2. The van der Waals surface area contributed by atoms with Gasteiger partial charge in [0.05, 0.1) is 35.8 Å². The minimum atomic E-state index is -0.421. The number of carbonyl (C=O) groups is 2. The van der Waals surface area contributed by atoms with Crippen LogP contribution in [0, 0.1) is 5.92 Å². The molecule has 6 nitrogen and oxygen atoms in total. The Hall–Kier alpha value is -2.89. The summed E-state index contributed by atoms with van der Waals surface area (Å²) in [4.78, 5) is 30.7. The Morgan fingerprint density at radius 2 is 2.08 bits per heavy atom. The first-order valence-electron chi connectivity index (χ1n) is 8.77. The van der Waals surface area contributed by atoms with Crippen LogP contribution in [0.5, 0.6) is 0 Å². The number of carbonyl (C=O) groups excluding carboxylic acids is 2. The largest absolute Gasteiger partial charge is 0.465 e. The summed E-state index contributed by atoms with van der Waals surface area (Å²) in [5.74, 6) is 0.0958. The number of anilines is 2.